The molecule has 0 saturated heterocycles. The third-order valence-corrected chi connectivity index (χ3v) is 2.29. The van der Waals surface area contributed by atoms with Gasteiger partial charge in [-0.2, -0.15) is 0 Å². The van der Waals surface area contributed by atoms with E-state index in [2.05, 4.69) is 19.2 Å². The van der Waals surface area contributed by atoms with E-state index in [1.165, 1.54) is 0 Å². The third-order valence-electron chi connectivity index (χ3n) is 2.29. The number of nitrogens with one attached hydrogen (secondary N) is 1. The maximum Gasteiger partial charge on any atom is 0.0613 e. The number of hydrogen-bond donors (Lipinski definition) is 2. The van der Waals surface area contributed by atoms with Crippen molar-refractivity contribution in [2.24, 2.45) is 5.92 Å². The van der Waals surface area contributed by atoms with Crippen molar-refractivity contribution in [1.29, 1.82) is 0 Å². The van der Waals surface area contributed by atoms with E-state index < -0.39 is 0 Å². The Bertz CT molecular complexity index is 109. The average molecular weight is 189 g/mol. The highest BCUT2D eigenvalue weighted by molar-refractivity contribution is 4.64. The average Bonchev–Trinajstić information content (AvgIpc) is 2.12. The summed E-state index contributed by atoms with van der Waals surface area (Å²) < 4.78 is 5.02. The molecular formula is C10H23NO2. The molecule has 0 aromatic rings. The monoisotopic (exact) mass is 189 g/mol. The number of hydrogen-bond acceptors (Lipinski definition) is 3. The molecule has 0 saturated carbocycles. The van der Waals surface area contributed by atoms with Gasteiger partial charge in [0.15, 0.2) is 0 Å². The minimum absolute atomic E-state index is 0.291. The first-order valence-electron chi connectivity index (χ1n) is 5.07. The first-order chi connectivity index (χ1) is 6.24. The highest BCUT2D eigenvalue weighted by Gasteiger charge is 2.07. The Balaban J connectivity index is 3.46. The highest BCUT2D eigenvalue weighted by Crippen LogP contribution is 2.05. The van der Waals surface area contributed by atoms with Gasteiger partial charge in [0.25, 0.3) is 0 Å². The SMILES string of the molecule is CCC(CCO)CNC(C)COC. The molecule has 2 unspecified atom stereocenters. The summed E-state index contributed by atoms with van der Waals surface area (Å²) in [5.41, 5.74) is 0. The molecular weight excluding hydrogens is 166 g/mol. The number of methoxy groups -OCH3 is 1. The van der Waals surface area contributed by atoms with E-state index in [1.54, 1.807) is 7.11 Å². The quantitative estimate of drug-likeness (QED) is 0.599. The topological polar surface area (TPSA) is 41.5 Å². The van der Waals surface area contributed by atoms with Gasteiger partial charge in [0.2, 0.25) is 0 Å². The second-order valence-corrected chi connectivity index (χ2v) is 3.55. The Hall–Kier alpha value is -0.120. The van der Waals surface area contributed by atoms with Crippen LogP contribution >= 0.6 is 0 Å². The summed E-state index contributed by atoms with van der Waals surface area (Å²) in [5, 5.41) is 12.2. The standard InChI is InChI=1S/C10H23NO2/c1-4-10(5-6-12)7-11-9(2)8-13-3/h9-12H,4-8H2,1-3H3. The van der Waals surface area contributed by atoms with E-state index in [1.807, 2.05) is 0 Å². The minimum Gasteiger partial charge on any atom is -0.396 e. The molecule has 2 atom stereocenters. The van der Waals surface area contributed by atoms with Crippen LogP contribution in [0.2, 0.25) is 0 Å². The van der Waals surface area contributed by atoms with Gasteiger partial charge in [0.05, 0.1) is 6.61 Å². The van der Waals surface area contributed by atoms with Gasteiger partial charge in [-0.1, -0.05) is 13.3 Å². The van der Waals surface area contributed by atoms with Gasteiger partial charge in [0.1, 0.15) is 0 Å². The maximum absolute atomic E-state index is 8.78. The fraction of sp³-hybridized carbons (Fsp3) is 1.00. The second-order valence-electron chi connectivity index (χ2n) is 3.55. The highest BCUT2D eigenvalue weighted by atomic mass is 16.5. The minimum atomic E-state index is 0.291. The normalized spacial score (nSPS) is 15.7. The summed E-state index contributed by atoms with van der Waals surface area (Å²) >= 11 is 0. The lowest BCUT2D eigenvalue weighted by molar-refractivity contribution is 0.167. The van der Waals surface area contributed by atoms with Gasteiger partial charge in [-0.05, 0) is 25.8 Å². The molecule has 3 nitrogen and oxygen atoms in total. The van der Waals surface area contributed by atoms with Crippen molar-refractivity contribution in [3.8, 4) is 0 Å². The maximum atomic E-state index is 8.78. The fourth-order valence-corrected chi connectivity index (χ4v) is 1.31. The van der Waals surface area contributed by atoms with Gasteiger partial charge < -0.3 is 15.2 Å². The van der Waals surface area contributed by atoms with Gasteiger partial charge in [-0.25, -0.2) is 0 Å². The third kappa shape index (κ3) is 6.99. The van der Waals surface area contributed by atoms with Crippen LogP contribution in [0.3, 0.4) is 0 Å². The van der Waals surface area contributed by atoms with E-state index in [-0.39, 0.29) is 0 Å². The number of rotatable bonds is 8. The zero-order chi connectivity index (χ0) is 10.1. The fourth-order valence-electron chi connectivity index (χ4n) is 1.31. The Morgan fingerprint density at radius 3 is 2.62 bits per heavy atom. The summed E-state index contributed by atoms with van der Waals surface area (Å²) in [6, 6.07) is 0.401. The van der Waals surface area contributed by atoms with Gasteiger partial charge in [-0.15, -0.1) is 0 Å². The van der Waals surface area contributed by atoms with Crippen molar-refractivity contribution >= 4 is 0 Å². The molecule has 0 aromatic heterocycles. The molecule has 0 amide bonds. The smallest absolute Gasteiger partial charge is 0.0613 e. The van der Waals surface area contributed by atoms with Crippen LogP contribution in [-0.4, -0.2) is 38.0 Å². The zero-order valence-corrected chi connectivity index (χ0v) is 9.05. The first-order valence-corrected chi connectivity index (χ1v) is 5.07. The molecule has 0 aliphatic carbocycles. The molecule has 0 spiro atoms. The van der Waals surface area contributed by atoms with E-state index in [4.69, 9.17) is 9.84 Å². The first kappa shape index (κ1) is 12.9. The summed E-state index contributed by atoms with van der Waals surface area (Å²) in [7, 11) is 1.71. The summed E-state index contributed by atoms with van der Waals surface area (Å²) in [5.74, 6) is 0.587. The van der Waals surface area contributed by atoms with Crippen molar-refractivity contribution in [2.45, 2.75) is 32.7 Å². The van der Waals surface area contributed by atoms with Crippen LogP contribution in [0, 0.1) is 5.92 Å². The van der Waals surface area contributed by atoms with Crippen LogP contribution in [0.4, 0.5) is 0 Å². The second kappa shape index (κ2) is 8.48. The molecule has 80 valence electrons. The van der Waals surface area contributed by atoms with E-state index in [0.29, 0.717) is 18.6 Å². The van der Waals surface area contributed by atoms with E-state index >= 15 is 0 Å². The predicted octanol–water partition coefficient (Wildman–Crippen LogP) is 1.02. The molecule has 0 bridgehead atoms. The van der Waals surface area contributed by atoms with Crippen LogP contribution in [0.5, 0.6) is 0 Å². The number of ether oxygens (including phenoxy) is 1. The zero-order valence-electron chi connectivity index (χ0n) is 9.05. The lowest BCUT2D eigenvalue weighted by Crippen LogP contribution is -2.34. The molecule has 13 heavy (non-hydrogen) atoms. The molecule has 0 rings (SSSR count). The van der Waals surface area contributed by atoms with Crippen molar-refractivity contribution in [1.82, 2.24) is 5.32 Å². The van der Waals surface area contributed by atoms with E-state index in [0.717, 1.165) is 26.0 Å². The summed E-state index contributed by atoms with van der Waals surface area (Å²) in [6.07, 6.45) is 2.01. The molecule has 0 aliphatic heterocycles. The van der Waals surface area contributed by atoms with E-state index in [9.17, 15) is 0 Å². The van der Waals surface area contributed by atoms with Crippen LogP contribution in [0.1, 0.15) is 26.7 Å². The van der Waals surface area contributed by atoms with Crippen LogP contribution in [0.25, 0.3) is 0 Å². The largest absolute Gasteiger partial charge is 0.396 e. The predicted molar refractivity (Wildman–Crippen MR) is 54.8 cm³/mol. The van der Waals surface area contributed by atoms with Crippen molar-refractivity contribution in [2.75, 3.05) is 26.9 Å². The lowest BCUT2D eigenvalue weighted by Gasteiger charge is -2.18. The van der Waals surface area contributed by atoms with Gasteiger partial charge in [-0.3, -0.25) is 0 Å². The van der Waals surface area contributed by atoms with Crippen LogP contribution in [0.15, 0.2) is 0 Å². The Morgan fingerprint density at radius 2 is 2.15 bits per heavy atom. The lowest BCUT2D eigenvalue weighted by atomic mass is 10.0. The molecule has 2 N–H and O–H groups in total. The Morgan fingerprint density at radius 1 is 1.46 bits per heavy atom. The summed E-state index contributed by atoms with van der Waals surface area (Å²) in [4.78, 5) is 0. The molecule has 0 aromatic carbocycles. The Labute approximate surface area is 81.5 Å². The molecule has 0 radical (unpaired) electrons. The van der Waals surface area contributed by atoms with Crippen LogP contribution in [-0.2, 0) is 4.74 Å². The van der Waals surface area contributed by atoms with Crippen molar-refractivity contribution in [3.63, 3.8) is 0 Å². The van der Waals surface area contributed by atoms with Gasteiger partial charge in [0, 0.05) is 19.8 Å². The molecule has 0 fully saturated rings. The molecule has 3 heteroatoms. The molecule has 0 aliphatic rings. The summed E-state index contributed by atoms with van der Waals surface area (Å²) in [6.45, 7) is 6.27. The molecule has 0 heterocycles. The number of aliphatic hydroxyl groups is 1. The van der Waals surface area contributed by atoms with Crippen molar-refractivity contribution < 1.29 is 9.84 Å². The Kier molecular flexibility index (Phi) is 8.40. The van der Waals surface area contributed by atoms with Gasteiger partial charge >= 0.3 is 0 Å². The van der Waals surface area contributed by atoms with Crippen LogP contribution < -0.4 is 5.32 Å². The number of aliphatic hydroxyl groups excluding tert-OH is 1. The van der Waals surface area contributed by atoms with Crippen molar-refractivity contribution in [3.05, 3.63) is 0 Å².